The Labute approximate surface area is 99.4 Å². The lowest BCUT2D eigenvalue weighted by Crippen LogP contribution is -2.47. The van der Waals surface area contributed by atoms with E-state index < -0.39 is 10.8 Å². The lowest BCUT2D eigenvalue weighted by molar-refractivity contribution is -0.122. The molecule has 5 nitrogen and oxygen atoms in total. The summed E-state index contributed by atoms with van der Waals surface area (Å²) in [5.41, 5.74) is 0. The molecule has 1 saturated heterocycles. The van der Waals surface area contributed by atoms with Gasteiger partial charge in [0.25, 0.3) is 0 Å². The van der Waals surface area contributed by atoms with Gasteiger partial charge in [-0.15, -0.1) is 0 Å². The zero-order valence-electron chi connectivity index (χ0n) is 9.83. The van der Waals surface area contributed by atoms with Crippen LogP contribution in [0.2, 0.25) is 0 Å². The molecule has 1 rings (SSSR count). The van der Waals surface area contributed by atoms with Crippen molar-refractivity contribution in [3.63, 3.8) is 0 Å². The molecular weight excluding hydrogens is 226 g/mol. The number of nitrogens with zero attached hydrogens (tertiary/aromatic N) is 1. The molecule has 1 amide bonds. The van der Waals surface area contributed by atoms with Crippen LogP contribution in [0.1, 0.15) is 6.92 Å². The number of hydrogen-bond acceptors (Lipinski definition) is 4. The summed E-state index contributed by atoms with van der Waals surface area (Å²) in [4.78, 5) is 13.6. The van der Waals surface area contributed by atoms with E-state index in [1.54, 1.807) is 0 Å². The molecular formula is C10H21N3O2S. The molecule has 0 aromatic carbocycles. The fourth-order valence-electron chi connectivity index (χ4n) is 1.58. The molecule has 0 spiro atoms. The summed E-state index contributed by atoms with van der Waals surface area (Å²) in [5, 5.41) is 6.04. The van der Waals surface area contributed by atoms with Crippen LogP contribution in [-0.2, 0) is 15.6 Å². The van der Waals surface area contributed by atoms with Crippen LogP contribution < -0.4 is 10.6 Å². The Hall–Kier alpha value is -0.460. The molecule has 16 heavy (non-hydrogen) atoms. The average Bonchev–Trinajstić information content (AvgIpc) is 2.30. The maximum Gasteiger partial charge on any atom is 0.234 e. The molecule has 1 unspecified atom stereocenters. The van der Waals surface area contributed by atoms with Crippen LogP contribution in [0.5, 0.6) is 0 Å². The van der Waals surface area contributed by atoms with E-state index in [4.69, 9.17) is 0 Å². The number of nitrogens with one attached hydrogen (secondary N) is 2. The van der Waals surface area contributed by atoms with Crippen LogP contribution in [0, 0.1) is 0 Å². The van der Waals surface area contributed by atoms with Crippen molar-refractivity contribution in [2.75, 3.05) is 50.8 Å². The average molecular weight is 247 g/mol. The number of carbonyl (C=O) groups is 1. The van der Waals surface area contributed by atoms with Crippen molar-refractivity contribution in [2.24, 2.45) is 0 Å². The van der Waals surface area contributed by atoms with Gasteiger partial charge in [-0.1, -0.05) is 6.92 Å². The smallest absolute Gasteiger partial charge is 0.234 e. The van der Waals surface area contributed by atoms with Crippen LogP contribution in [0.15, 0.2) is 0 Å². The van der Waals surface area contributed by atoms with Crippen molar-refractivity contribution in [3.8, 4) is 0 Å². The predicted octanol–water partition coefficient (Wildman–Crippen LogP) is -1.22. The standard InChI is InChI=1S/C10H21N3O2S/c1-2-16(15)8-5-12-10(14)9-13-6-3-11-4-7-13/h11H,2-9H2,1H3,(H,12,14). The highest BCUT2D eigenvalue weighted by Gasteiger charge is 2.12. The van der Waals surface area contributed by atoms with Crippen molar-refractivity contribution < 1.29 is 9.00 Å². The van der Waals surface area contributed by atoms with Gasteiger partial charge in [0.15, 0.2) is 0 Å². The van der Waals surface area contributed by atoms with Gasteiger partial charge in [-0.05, 0) is 0 Å². The van der Waals surface area contributed by atoms with Crippen LogP contribution in [-0.4, -0.2) is 65.8 Å². The lowest BCUT2D eigenvalue weighted by atomic mass is 10.3. The van der Waals surface area contributed by atoms with Gasteiger partial charge in [0, 0.05) is 55.0 Å². The van der Waals surface area contributed by atoms with E-state index in [-0.39, 0.29) is 5.91 Å². The molecule has 94 valence electrons. The van der Waals surface area contributed by atoms with Gasteiger partial charge in [-0.25, -0.2) is 0 Å². The Balaban J connectivity index is 2.08. The van der Waals surface area contributed by atoms with E-state index in [1.165, 1.54) is 0 Å². The van der Waals surface area contributed by atoms with Gasteiger partial charge >= 0.3 is 0 Å². The molecule has 0 radical (unpaired) electrons. The molecule has 1 aliphatic rings. The summed E-state index contributed by atoms with van der Waals surface area (Å²) < 4.78 is 11.1. The second kappa shape index (κ2) is 7.76. The second-order valence-electron chi connectivity index (χ2n) is 3.81. The van der Waals surface area contributed by atoms with Crippen molar-refractivity contribution >= 4 is 16.7 Å². The second-order valence-corrected chi connectivity index (χ2v) is 5.67. The molecule has 2 N–H and O–H groups in total. The van der Waals surface area contributed by atoms with E-state index >= 15 is 0 Å². The van der Waals surface area contributed by atoms with Crippen LogP contribution in [0.4, 0.5) is 0 Å². The zero-order valence-corrected chi connectivity index (χ0v) is 10.6. The van der Waals surface area contributed by atoms with E-state index in [9.17, 15) is 9.00 Å². The topological polar surface area (TPSA) is 61.4 Å². The van der Waals surface area contributed by atoms with Crippen molar-refractivity contribution in [3.05, 3.63) is 0 Å². The van der Waals surface area contributed by atoms with Crippen LogP contribution >= 0.6 is 0 Å². The number of amides is 1. The fourth-order valence-corrected chi connectivity index (χ4v) is 2.20. The van der Waals surface area contributed by atoms with E-state index in [0.29, 0.717) is 24.6 Å². The normalized spacial score (nSPS) is 19.3. The summed E-state index contributed by atoms with van der Waals surface area (Å²) in [6.07, 6.45) is 0. The molecule has 0 saturated carbocycles. The quantitative estimate of drug-likeness (QED) is 0.617. The molecule has 1 fully saturated rings. The van der Waals surface area contributed by atoms with Crippen LogP contribution in [0.25, 0.3) is 0 Å². The highest BCUT2D eigenvalue weighted by molar-refractivity contribution is 7.84. The maximum atomic E-state index is 11.5. The Morgan fingerprint density at radius 2 is 2.12 bits per heavy atom. The summed E-state index contributed by atoms with van der Waals surface area (Å²) in [6.45, 7) is 6.62. The van der Waals surface area contributed by atoms with Gasteiger partial charge in [0.1, 0.15) is 0 Å². The van der Waals surface area contributed by atoms with Gasteiger partial charge in [0.05, 0.1) is 6.54 Å². The molecule has 1 aliphatic heterocycles. The third-order valence-electron chi connectivity index (χ3n) is 2.55. The fraction of sp³-hybridized carbons (Fsp3) is 0.900. The Morgan fingerprint density at radius 3 is 2.75 bits per heavy atom. The van der Waals surface area contributed by atoms with E-state index in [1.807, 2.05) is 6.92 Å². The molecule has 1 heterocycles. The summed E-state index contributed by atoms with van der Waals surface area (Å²) >= 11 is 0. The predicted molar refractivity (Wildman–Crippen MR) is 65.9 cm³/mol. The Kier molecular flexibility index (Phi) is 6.59. The monoisotopic (exact) mass is 247 g/mol. The Bertz CT molecular complexity index is 242. The largest absolute Gasteiger partial charge is 0.354 e. The number of hydrogen-bond donors (Lipinski definition) is 2. The molecule has 0 aromatic rings. The number of rotatable bonds is 6. The molecule has 0 bridgehead atoms. The zero-order chi connectivity index (χ0) is 11.8. The summed E-state index contributed by atoms with van der Waals surface area (Å²) in [5.74, 6) is 1.26. The summed E-state index contributed by atoms with van der Waals surface area (Å²) in [6, 6.07) is 0. The highest BCUT2D eigenvalue weighted by Crippen LogP contribution is 1.90. The first-order valence-corrected chi connectivity index (χ1v) is 7.26. The van der Waals surface area contributed by atoms with Crippen molar-refractivity contribution in [2.45, 2.75) is 6.92 Å². The molecule has 1 atom stereocenters. The first kappa shape index (κ1) is 13.6. The van der Waals surface area contributed by atoms with Gasteiger partial charge in [-0.3, -0.25) is 13.9 Å². The third-order valence-corrected chi connectivity index (χ3v) is 3.85. The first-order chi connectivity index (χ1) is 7.72. The first-order valence-electron chi connectivity index (χ1n) is 5.77. The minimum absolute atomic E-state index is 0.0370. The summed E-state index contributed by atoms with van der Waals surface area (Å²) in [7, 11) is -0.788. The Morgan fingerprint density at radius 1 is 1.44 bits per heavy atom. The lowest BCUT2D eigenvalue weighted by Gasteiger charge is -2.26. The van der Waals surface area contributed by atoms with Gasteiger partial charge in [-0.2, -0.15) is 0 Å². The van der Waals surface area contributed by atoms with Crippen molar-refractivity contribution in [1.29, 1.82) is 0 Å². The van der Waals surface area contributed by atoms with Gasteiger partial charge < -0.3 is 10.6 Å². The van der Waals surface area contributed by atoms with Crippen LogP contribution in [0.3, 0.4) is 0 Å². The number of piperazine rings is 1. The maximum absolute atomic E-state index is 11.5. The SMILES string of the molecule is CCS(=O)CCNC(=O)CN1CCNCC1. The minimum Gasteiger partial charge on any atom is -0.354 e. The van der Waals surface area contributed by atoms with Crippen molar-refractivity contribution in [1.82, 2.24) is 15.5 Å². The minimum atomic E-state index is -0.788. The van der Waals surface area contributed by atoms with E-state index in [0.717, 1.165) is 26.2 Å². The van der Waals surface area contributed by atoms with Gasteiger partial charge in [0.2, 0.25) is 5.91 Å². The molecule has 6 heteroatoms. The van der Waals surface area contributed by atoms with E-state index in [2.05, 4.69) is 15.5 Å². The molecule has 0 aromatic heterocycles. The molecule has 0 aliphatic carbocycles. The highest BCUT2D eigenvalue weighted by atomic mass is 32.2. The third kappa shape index (κ3) is 5.58. The number of carbonyl (C=O) groups excluding carboxylic acids is 1.